The fraction of sp³-hybridized carbons (Fsp3) is 0.381. The third-order valence-electron chi connectivity index (χ3n) is 5.11. The number of anilines is 4. The number of aromatic nitrogens is 3. The van der Waals surface area contributed by atoms with Gasteiger partial charge in [-0.2, -0.15) is 9.78 Å². The van der Waals surface area contributed by atoms with E-state index in [1.807, 2.05) is 31.3 Å². The Balaban J connectivity index is 1.68. The maximum Gasteiger partial charge on any atom is 0.178 e. The summed E-state index contributed by atoms with van der Waals surface area (Å²) in [6.45, 7) is 1.25. The zero-order valence-electron chi connectivity index (χ0n) is 17.6. The summed E-state index contributed by atoms with van der Waals surface area (Å²) in [6, 6.07) is 10.4. The molecule has 0 radical (unpaired) electrons. The summed E-state index contributed by atoms with van der Waals surface area (Å²) in [7, 11) is 1.98. The molecule has 0 bridgehead atoms. The van der Waals surface area contributed by atoms with Crippen LogP contribution in [0.25, 0.3) is 5.65 Å². The molecule has 2 heterocycles. The van der Waals surface area contributed by atoms with Crippen LogP contribution in [-0.4, -0.2) is 51.6 Å². The lowest BCUT2D eigenvalue weighted by atomic mass is 10.1. The Morgan fingerprint density at radius 3 is 2.87 bits per heavy atom. The lowest BCUT2D eigenvalue weighted by molar-refractivity contribution is 0.600. The van der Waals surface area contributed by atoms with Gasteiger partial charge in [-0.1, -0.05) is 11.2 Å². The van der Waals surface area contributed by atoms with Gasteiger partial charge in [0.2, 0.25) is 0 Å². The number of nitrogens with zero attached hydrogens (tertiary/aromatic N) is 5. The number of fused-ring (bicyclic) bond motifs is 1. The average molecular weight is 439 g/mol. The number of nitriles is 1. The lowest BCUT2D eigenvalue weighted by Gasteiger charge is -2.22. The van der Waals surface area contributed by atoms with E-state index < -0.39 is 11.2 Å². The van der Waals surface area contributed by atoms with Crippen LogP contribution in [-0.2, 0) is 16.9 Å². The lowest BCUT2D eigenvalue weighted by Crippen LogP contribution is -2.26. The highest BCUT2D eigenvalue weighted by atomic mass is 32.2. The van der Waals surface area contributed by atoms with Crippen LogP contribution in [0.3, 0.4) is 0 Å². The normalized spacial score (nSPS) is 14.3. The Hall–Kier alpha value is -3.00. The smallest absolute Gasteiger partial charge is 0.178 e. The second-order valence-corrected chi connectivity index (χ2v) is 9.18. The Kier molecular flexibility index (Phi) is 6.18. The standard InChI is InChI=1S/C21H26N8OS/c1-28(8-7-22)19-6-5-16(9-14(19)13-31(2)30)26-20-10-18(25-15-3-4-15)21-24-12-17(11-23)29(21)27-20/h5-6,9-10,12,15,25H,3-4,7-8,13,22H2,1-2H3,(H,26,27). The van der Waals surface area contributed by atoms with E-state index in [-0.39, 0.29) is 0 Å². The largest absolute Gasteiger partial charge is 0.616 e. The van der Waals surface area contributed by atoms with Gasteiger partial charge in [0.25, 0.3) is 0 Å². The molecule has 0 saturated heterocycles. The van der Waals surface area contributed by atoms with E-state index in [2.05, 4.69) is 31.7 Å². The second kappa shape index (κ2) is 9.01. The van der Waals surface area contributed by atoms with E-state index in [4.69, 9.17) is 5.73 Å². The van der Waals surface area contributed by atoms with Crippen molar-refractivity contribution in [3.63, 3.8) is 0 Å². The van der Waals surface area contributed by atoms with E-state index in [0.29, 0.717) is 42.0 Å². The van der Waals surface area contributed by atoms with Crippen molar-refractivity contribution in [1.29, 1.82) is 5.26 Å². The Bertz CT molecular complexity index is 1120. The molecule has 3 aromatic rings. The molecule has 162 valence electrons. The fourth-order valence-corrected chi connectivity index (χ4v) is 4.16. The van der Waals surface area contributed by atoms with Crippen LogP contribution < -0.4 is 21.3 Å². The maximum atomic E-state index is 11.9. The van der Waals surface area contributed by atoms with Gasteiger partial charge in [0.1, 0.15) is 11.8 Å². The van der Waals surface area contributed by atoms with Crippen molar-refractivity contribution in [2.24, 2.45) is 5.73 Å². The van der Waals surface area contributed by atoms with Gasteiger partial charge in [0, 0.05) is 49.2 Å². The minimum atomic E-state index is -0.983. The highest BCUT2D eigenvalue weighted by molar-refractivity contribution is 7.89. The third kappa shape index (κ3) is 4.85. The maximum absolute atomic E-state index is 11.9. The van der Waals surface area contributed by atoms with E-state index in [9.17, 15) is 9.81 Å². The molecule has 1 fully saturated rings. The molecule has 31 heavy (non-hydrogen) atoms. The highest BCUT2D eigenvalue weighted by Gasteiger charge is 2.23. The molecule has 10 heteroatoms. The molecule has 9 nitrogen and oxygen atoms in total. The van der Waals surface area contributed by atoms with Gasteiger partial charge in [-0.3, -0.25) is 0 Å². The molecule has 4 N–H and O–H groups in total. The van der Waals surface area contributed by atoms with Crippen LogP contribution in [0.15, 0.2) is 30.5 Å². The van der Waals surface area contributed by atoms with E-state index >= 15 is 0 Å². The first-order valence-electron chi connectivity index (χ1n) is 10.1. The number of likely N-dealkylation sites (N-methyl/N-ethyl adjacent to an activating group) is 1. The Labute approximate surface area is 184 Å². The molecule has 1 aliphatic rings. The van der Waals surface area contributed by atoms with Crippen molar-refractivity contribution in [1.82, 2.24) is 14.6 Å². The van der Waals surface area contributed by atoms with Crippen molar-refractivity contribution < 1.29 is 4.55 Å². The number of nitrogens with two attached hydrogens (primary N) is 1. The quantitative estimate of drug-likeness (QED) is 0.433. The van der Waals surface area contributed by atoms with Crippen molar-refractivity contribution >= 4 is 39.7 Å². The van der Waals surface area contributed by atoms with Gasteiger partial charge in [-0.25, -0.2) is 4.98 Å². The first-order valence-corrected chi connectivity index (χ1v) is 11.9. The van der Waals surface area contributed by atoms with Crippen LogP contribution >= 0.6 is 0 Å². The highest BCUT2D eigenvalue weighted by Crippen LogP contribution is 2.31. The minimum Gasteiger partial charge on any atom is -0.616 e. The molecular formula is C21H26N8OS. The van der Waals surface area contributed by atoms with Crippen molar-refractivity contribution in [2.45, 2.75) is 24.6 Å². The molecule has 4 rings (SSSR count). The number of hydrogen-bond acceptors (Lipinski definition) is 8. The molecule has 0 aliphatic heterocycles. The number of benzene rings is 1. The van der Waals surface area contributed by atoms with E-state index in [0.717, 1.165) is 35.5 Å². The van der Waals surface area contributed by atoms with Crippen LogP contribution in [0.5, 0.6) is 0 Å². The summed E-state index contributed by atoms with van der Waals surface area (Å²) in [6.07, 6.45) is 5.47. The summed E-state index contributed by atoms with van der Waals surface area (Å²) < 4.78 is 13.5. The summed E-state index contributed by atoms with van der Waals surface area (Å²) >= 11 is -0.983. The summed E-state index contributed by atoms with van der Waals surface area (Å²) in [5.74, 6) is 1.04. The van der Waals surface area contributed by atoms with Crippen molar-refractivity contribution in [2.75, 3.05) is 41.9 Å². The summed E-state index contributed by atoms with van der Waals surface area (Å²) in [4.78, 5) is 6.42. The average Bonchev–Trinajstić information content (AvgIpc) is 3.44. The topological polar surface area (TPSA) is 130 Å². The fourth-order valence-electron chi connectivity index (χ4n) is 3.49. The monoisotopic (exact) mass is 438 g/mol. The van der Waals surface area contributed by atoms with E-state index in [1.165, 1.54) is 6.20 Å². The molecular weight excluding hydrogens is 412 g/mol. The number of nitrogens with one attached hydrogen (secondary N) is 2. The first-order chi connectivity index (χ1) is 15.0. The molecule has 1 atom stereocenters. The molecule has 1 aromatic carbocycles. The zero-order chi connectivity index (χ0) is 22.0. The molecule has 0 amide bonds. The van der Waals surface area contributed by atoms with Gasteiger partial charge in [-0.15, -0.1) is 5.10 Å². The molecule has 1 saturated carbocycles. The van der Waals surface area contributed by atoms with Crippen LogP contribution in [0, 0.1) is 11.3 Å². The van der Waals surface area contributed by atoms with Crippen LogP contribution in [0.2, 0.25) is 0 Å². The van der Waals surface area contributed by atoms with Gasteiger partial charge in [0.05, 0.1) is 18.1 Å². The minimum absolute atomic E-state index is 0.373. The van der Waals surface area contributed by atoms with E-state index in [1.54, 1.807) is 10.8 Å². The zero-order valence-corrected chi connectivity index (χ0v) is 18.4. The molecule has 2 aromatic heterocycles. The molecule has 1 aliphatic carbocycles. The van der Waals surface area contributed by atoms with Crippen molar-refractivity contribution in [3.05, 3.63) is 41.7 Å². The van der Waals surface area contributed by atoms with Gasteiger partial charge >= 0.3 is 0 Å². The first kappa shape index (κ1) is 21.2. The van der Waals surface area contributed by atoms with Crippen LogP contribution in [0.4, 0.5) is 22.9 Å². The van der Waals surface area contributed by atoms with Gasteiger partial charge in [0.15, 0.2) is 17.2 Å². The third-order valence-corrected chi connectivity index (χ3v) is 5.82. The Morgan fingerprint density at radius 2 is 2.19 bits per heavy atom. The van der Waals surface area contributed by atoms with Crippen LogP contribution in [0.1, 0.15) is 24.1 Å². The molecule has 0 spiro atoms. The SMILES string of the molecule is CN(CCN)c1ccc(Nc2cc(NC3CC3)c3ncc(C#N)n3n2)cc1C[S+](C)[O-]. The summed E-state index contributed by atoms with van der Waals surface area (Å²) in [5.41, 5.74) is 10.4. The van der Waals surface area contributed by atoms with Crippen molar-refractivity contribution in [3.8, 4) is 6.07 Å². The number of hydrogen-bond donors (Lipinski definition) is 3. The predicted octanol–water partition coefficient (Wildman–Crippen LogP) is 2.19. The summed E-state index contributed by atoms with van der Waals surface area (Å²) in [5, 5.41) is 20.8. The Morgan fingerprint density at radius 1 is 1.39 bits per heavy atom. The second-order valence-electron chi connectivity index (χ2n) is 7.75. The number of rotatable bonds is 9. The molecule has 1 unspecified atom stereocenters. The predicted molar refractivity (Wildman–Crippen MR) is 124 cm³/mol. The van der Waals surface area contributed by atoms with Gasteiger partial charge < -0.3 is 25.8 Å². The number of imidazole rings is 1. The van der Waals surface area contributed by atoms with Gasteiger partial charge in [-0.05, 0) is 31.0 Å².